The Hall–Kier alpha value is -2.94. The number of halogens is 3. The first-order valence-electron chi connectivity index (χ1n) is 9.28. The van der Waals surface area contributed by atoms with Gasteiger partial charge in [-0.15, -0.1) is 0 Å². The van der Waals surface area contributed by atoms with Gasteiger partial charge >= 0.3 is 0 Å². The molecule has 0 bridgehead atoms. The lowest BCUT2D eigenvalue weighted by molar-refractivity contribution is 0.586. The molecule has 0 amide bonds. The van der Waals surface area contributed by atoms with E-state index in [2.05, 4.69) is 20.8 Å². The predicted molar refractivity (Wildman–Crippen MR) is 125 cm³/mol. The molecule has 6 nitrogen and oxygen atoms in total. The Morgan fingerprint density at radius 3 is 2.52 bits per heavy atom. The van der Waals surface area contributed by atoms with Gasteiger partial charge in [-0.1, -0.05) is 47.5 Å². The molecule has 4 rings (SSSR count). The van der Waals surface area contributed by atoms with Crippen LogP contribution >= 0.6 is 35.4 Å². The van der Waals surface area contributed by atoms with E-state index in [-0.39, 0.29) is 5.82 Å². The first kappa shape index (κ1) is 21.3. The number of nitrogens with one attached hydrogen (secondary N) is 2. The van der Waals surface area contributed by atoms with Crippen LogP contribution in [0, 0.1) is 5.82 Å². The summed E-state index contributed by atoms with van der Waals surface area (Å²) in [6, 6.07) is 13.7. The number of benzene rings is 2. The predicted octanol–water partition coefficient (Wildman–Crippen LogP) is 5.43. The number of rotatable bonds is 6. The van der Waals surface area contributed by atoms with Crippen molar-refractivity contribution in [2.45, 2.75) is 13.1 Å². The van der Waals surface area contributed by atoms with E-state index >= 15 is 0 Å². The largest absolute Gasteiger partial charge is 0.330 e. The molecular formula is C21H17Cl2FN6S. The Bertz CT molecular complexity index is 1200. The monoisotopic (exact) mass is 474 g/mol. The van der Waals surface area contributed by atoms with Gasteiger partial charge in [0.15, 0.2) is 10.9 Å². The molecule has 0 aliphatic carbocycles. The summed E-state index contributed by atoms with van der Waals surface area (Å²) in [5, 5.41) is 16.3. The lowest BCUT2D eigenvalue weighted by Gasteiger charge is -2.08. The highest BCUT2D eigenvalue weighted by Crippen LogP contribution is 2.25. The van der Waals surface area contributed by atoms with Crippen LogP contribution in [-0.2, 0) is 13.1 Å². The zero-order chi connectivity index (χ0) is 21.8. The molecule has 0 fully saturated rings. The van der Waals surface area contributed by atoms with Crippen LogP contribution in [0.5, 0.6) is 0 Å². The average molecular weight is 475 g/mol. The van der Waals surface area contributed by atoms with E-state index in [4.69, 9.17) is 35.4 Å². The van der Waals surface area contributed by atoms with E-state index in [0.29, 0.717) is 45.3 Å². The van der Waals surface area contributed by atoms with Crippen LogP contribution in [0.25, 0.3) is 0 Å². The van der Waals surface area contributed by atoms with Gasteiger partial charge in [0, 0.05) is 39.6 Å². The summed E-state index contributed by atoms with van der Waals surface area (Å²) in [6.07, 6.45) is 5.20. The second-order valence-electron chi connectivity index (χ2n) is 6.70. The number of anilines is 2. The van der Waals surface area contributed by atoms with Gasteiger partial charge in [0.05, 0.1) is 25.0 Å². The SMILES string of the molecule is Fc1ccccc1Cn1ccc(NC(=S)Nc2cnn(Cc3c(Cl)cccc3Cl)c2)n1. The molecule has 2 aromatic carbocycles. The summed E-state index contributed by atoms with van der Waals surface area (Å²) < 4.78 is 17.2. The van der Waals surface area contributed by atoms with Gasteiger partial charge in [0.25, 0.3) is 0 Å². The first-order valence-corrected chi connectivity index (χ1v) is 10.4. The van der Waals surface area contributed by atoms with E-state index < -0.39 is 0 Å². The highest BCUT2D eigenvalue weighted by Gasteiger charge is 2.09. The molecule has 2 heterocycles. The Labute approximate surface area is 193 Å². The fraction of sp³-hybridized carbons (Fsp3) is 0.0952. The summed E-state index contributed by atoms with van der Waals surface area (Å²) in [7, 11) is 0. The van der Waals surface area contributed by atoms with Crippen molar-refractivity contribution in [2.24, 2.45) is 0 Å². The molecule has 0 atom stereocenters. The minimum absolute atomic E-state index is 0.264. The quantitative estimate of drug-likeness (QED) is 0.364. The smallest absolute Gasteiger partial charge is 0.176 e. The van der Waals surface area contributed by atoms with Crippen molar-refractivity contribution < 1.29 is 4.39 Å². The normalized spacial score (nSPS) is 10.8. The van der Waals surface area contributed by atoms with Crippen LogP contribution in [-0.4, -0.2) is 24.7 Å². The van der Waals surface area contributed by atoms with Gasteiger partial charge in [-0.25, -0.2) is 4.39 Å². The third-order valence-corrected chi connectivity index (χ3v) is 5.36. The topological polar surface area (TPSA) is 59.7 Å². The fourth-order valence-corrected chi connectivity index (χ4v) is 3.70. The molecule has 2 aromatic heterocycles. The Kier molecular flexibility index (Phi) is 6.50. The molecular weight excluding hydrogens is 458 g/mol. The molecule has 0 saturated carbocycles. The molecule has 4 aromatic rings. The van der Waals surface area contributed by atoms with Crippen molar-refractivity contribution in [1.29, 1.82) is 0 Å². The molecule has 0 unspecified atom stereocenters. The zero-order valence-corrected chi connectivity index (χ0v) is 18.4. The highest BCUT2D eigenvalue weighted by atomic mass is 35.5. The zero-order valence-electron chi connectivity index (χ0n) is 16.1. The van der Waals surface area contributed by atoms with Crippen molar-refractivity contribution in [3.05, 3.63) is 94.1 Å². The maximum absolute atomic E-state index is 13.8. The van der Waals surface area contributed by atoms with Crippen LogP contribution in [0.3, 0.4) is 0 Å². The molecule has 0 saturated heterocycles. The summed E-state index contributed by atoms with van der Waals surface area (Å²) in [5.41, 5.74) is 2.05. The Balaban J connectivity index is 1.35. The number of nitrogens with zero attached hydrogens (tertiary/aromatic N) is 4. The van der Waals surface area contributed by atoms with Crippen LogP contribution in [0.15, 0.2) is 67.1 Å². The van der Waals surface area contributed by atoms with Crippen LogP contribution in [0.2, 0.25) is 10.0 Å². The Morgan fingerprint density at radius 2 is 1.74 bits per heavy atom. The fourth-order valence-electron chi connectivity index (χ4n) is 2.96. The number of thiocarbonyl (C=S) groups is 1. The van der Waals surface area contributed by atoms with Gasteiger partial charge in [0.1, 0.15) is 5.82 Å². The molecule has 2 N–H and O–H groups in total. The van der Waals surface area contributed by atoms with Crippen molar-refractivity contribution in [2.75, 3.05) is 10.6 Å². The van der Waals surface area contributed by atoms with Crippen molar-refractivity contribution in [1.82, 2.24) is 19.6 Å². The molecule has 0 aliphatic heterocycles. The third-order valence-electron chi connectivity index (χ3n) is 4.45. The van der Waals surface area contributed by atoms with Gasteiger partial charge in [0.2, 0.25) is 0 Å². The maximum atomic E-state index is 13.8. The molecule has 0 radical (unpaired) electrons. The number of hydrogen-bond donors (Lipinski definition) is 2. The van der Waals surface area contributed by atoms with Crippen LogP contribution < -0.4 is 10.6 Å². The number of aromatic nitrogens is 4. The number of hydrogen-bond acceptors (Lipinski definition) is 3. The average Bonchev–Trinajstić information content (AvgIpc) is 3.36. The molecule has 31 heavy (non-hydrogen) atoms. The Morgan fingerprint density at radius 1 is 0.968 bits per heavy atom. The molecule has 158 valence electrons. The van der Waals surface area contributed by atoms with Gasteiger partial charge < -0.3 is 10.6 Å². The van der Waals surface area contributed by atoms with Gasteiger partial charge in [-0.3, -0.25) is 9.36 Å². The first-order chi connectivity index (χ1) is 15.0. The lowest BCUT2D eigenvalue weighted by Crippen LogP contribution is -2.19. The molecule has 10 heteroatoms. The summed E-state index contributed by atoms with van der Waals surface area (Å²) >= 11 is 17.8. The van der Waals surface area contributed by atoms with E-state index in [9.17, 15) is 4.39 Å². The van der Waals surface area contributed by atoms with Crippen molar-refractivity contribution in [3.63, 3.8) is 0 Å². The van der Waals surface area contributed by atoms with Crippen molar-refractivity contribution in [3.8, 4) is 0 Å². The second kappa shape index (κ2) is 9.47. The lowest BCUT2D eigenvalue weighted by atomic mass is 10.2. The van der Waals surface area contributed by atoms with Gasteiger partial charge in [-0.05, 0) is 30.4 Å². The van der Waals surface area contributed by atoms with Crippen LogP contribution in [0.4, 0.5) is 15.9 Å². The van der Waals surface area contributed by atoms with Crippen molar-refractivity contribution >= 4 is 52.0 Å². The second-order valence-corrected chi connectivity index (χ2v) is 7.92. The summed E-state index contributed by atoms with van der Waals surface area (Å²) in [5.74, 6) is 0.281. The minimum atomic E-state index is -0.264. The third kappa shape index (κ3) is 5.41. The maximum Gasteiger partial charge on any atom is 0.176 e. The van der Waals surface area contributed by atoms with E-state index in [0.717, 1.165) is 5.56 Å². The van der Waals surface area contributed by atoms with Gasteiger partial charge in [-0.2, -0.15) is 10.2 Å². The highest BCUT2D eigenvalue weighted by molar-refractivity contribution is 7.80. The van der Waals surface area contributed by atoms with E-state index in [1.807, 2.05) is 0 Å². The summed E-state index contributed by atoms with van der Waals surface area (Å²) in [4.78, 5) is 0. The minimum Gasteiger partial charge on any atom is -0.330 e. The van der Waals surface area contributed by atoms with E-state index in [1.165, 1.54) is 6.07 Å². The molecule has 0 spiro atoms. The molecule has 0 aliphatic rings. The van der Waals surface area contributed by atoms with E-state index in [1.54, 1.807) is 70.4 Å². The summed E-state index contributed by atoms with van der Waals surface area (Å²) in [6.45, 7) is 0.757. The standard InChI is InChI=1S/C21H17Cl2FN6S/c22-17-5-3-6-18(23)16(17)13-30-12-15(10-25-30)26-21(31)27-20-8-9-29(28-20)11-14-4-1-2-7-19(14)24/h1-10,12H,11,13H2,(H2,26,27,28,31). The van der Waals surface area contributed by atoms with Crippen LogP contribution in [0.1, 0.15) is 11.1 Å².